The summed E-state index contributed by atoms with van der Waals surface area (Å²) in [5.74, 6) is 2.66. The Labute approximate surface area is 184 Å². The third-order valence-electron chi connectivity index (χ3n) is 6.30. The number of ether oxygens (including phenoxy) is 1. The van der Waals surface area contributed by atoms with E-state index in [4.69, 9.17) is 4.74 Å². The van der Waals surface area contributed by atoms with Gasteiger partial charge in [-0.2, -0.15) is 0 Å². The summed E-state index contributed by atoms with van der Waals surface area (Å²) >= 11 is 0. The third-order valence-corrected chi connectivity index (χ3v) is 6.30. The van der Waals surface area contributed by atoms with Crippen LogP contribution in [0.2, 0.25) is 0 Å². The highest BCUT2D eigenvalue weighted by Crippen LogP contribution is 2.29. The van der Waals surface area contributed by atoms with Crippen LogP contribution in [-0.2, 0) is 6.42 Å². The van der Waals surface area contributed by atoms with E-state index in [1.807, 2.05) is 25.1 Å². The predicted molar refractivity (Wildman–Crippen MR) is 122 cm³/mol. The molecule has 7 heteroatoms. The quantitative estimate of drug-likeness (QED) is 0.537. The van der Waals surface area contributed by atoms with Gasteiger partial charge in [0.1, 0.15) is 11.6 Å². The van der Waals surface area contributed by atoms with E-state index >= 15 is 0 Å². The molecule has 0 bridgehead atoms. The topological polar surface area (TPSA) is 88.2 Å². The summed E-state index contributed by atoms with van der Waals surface area (Å²) in [4.78, 5) is 21.0. The second-order valence-corrected chi connectivity index (χ2v) is 8.58. The van der Waals surface area contributed by atoms with E-state index < -0.39 is 0 Å². The van der Waals surface area contributed by atoms with Gasteiger partial charge in [-0.15, -0.1) is 0 Å². The van der Waals surface area contributed by atoms with Gasteiger partial charge < -0.3 is 20.7 Å². The van der Waals surface area contributed by atoms with Crippen LogP contribution in [-0.4, -0.2) is 48.2 Å². The van der Waals surface area contributed by atoms with Crippen LogP contribution in [0.1, 0.15) is 53.7 Å². The standard InChI is InChI=1S/C24H33N5O2/c1-17-2-5-19(16-28-17)24(30)29-20-6-3-18(4-7-20)8-11-25-13-14-27-23-21-10-15-31-22(21)9-12-26-23/h2,5,9,12,16,18,20,25H,3-4,6-8,10-11,13-15H2,1H3,(H,26,27)(H,29,30). The monoisotopic (exact) mass is 423 g/mol. The number of carbonyl (C=O) groups excluding carboxylic acids is 1. The van der Waals surface area contributed by atoms with Crippen molar-refractivity contribution in [3.05, 3.63) is 47.4 Å². The molecule has 1 aliphatic heterocycles. The van der Waals surface area contributed by atoms with Gasteiger partial charge in [0.05, 0.1) is 12.2 Å². The van der Waals surface area contributed by atoms with Crippen LogP contribution < -0.4 is 20.7 Å². The van der Waals surface area contributed by atoms with Crippen molar-refractivity contribution in [2.75, 3.05) is 31.6 Å². The van der Waals surface area contributed by atoms with Gasteiger partial charge in [0.25, 0.3) is 5.91 Å². The Bertz CT molecular complexity index is 863. The lowest BCUT2D eigenvalue weighted by atomic mass is 9.84. The number of hydrogen-bond donors (Lipinski definition) is 3. The second kappa shape index (κ2) is 10.6. The Morgan fingerprint density at radius 1 is 1.10 bits per heavy atom. The predicted octanol–water partition coefficient (Wildman–Crippen LogP) is 3.10. The fourth-order valence-electron chi connectivity index (χ4n) is 4.43. The number of nitrogens with zero attached hydrogens (tertiary/aromatic N) is 2. The van der Waals surface area contributed by atoms with Crippen molar-refractivity contribution < 1.29 is 9.53 Å². The molecule has 2 aromatic heterocycles. The maximum Gasteiger partial charge on any atom is 0.253 e. The molecule has 3 heterocycles. The van der Waals surface area contributed by atoms with Crippen molar-refractivity contribution in [3.8, 4) is 5.75 Å². The van der Waals surface area contributed by atoms with Gasteiger partial charge in [0.15, 0.2) is 0 Å². The van der Waals surface area contributed by atoms with Crippen LogP contribution >= 0.6 is 0 Å². The molecule has 0 aromatic carbocycles. The summed E-state index contributed by atoms with van der Waals surface area (Å²) in [6.07, 6.45) is 10.1. The largest absolute Gasteiger partial charge is 0.493 e. The normalized spacial score (nSPS) is 20.0. The van der Waals surface area contributed by atoms with Crippen molar-refractivity contribution in [3.63, 3.8) is 0 Å². The van der Waals surface area contributed by atoms with Crippen molar-refractivity contribution in [1.82, 2.24) is 20.6 Å². The van der Waals surface area contributed by atoms with E-state index in [0.29, 0.717) is 5.56 Å². The summed E-state index contributed by atoms with van der Waals surface area (Å²) in [7, 11) is 0. The Morgan fingerprint density at radius 2 is 1.97 bits per heavy atom. The molecule has 31 heavy (non-hydrogen) atoms. The molecule has 0 spiro atoms. The van der Waals surface area contributed by atoms with Crippen molar-refractivity contribution >= 4 is 11.7 Å². The highest BCUT2D eigenvalue weighted by atomic mass is 16.5. The summed E-state index contributed by atoms with van der Waals surface area (Å²) in [5.41, 5.74) is 2.77. The molecule has 0 radical (unpaired) electrons. The number of anilines is 1. The molecule has 1 amide bonds. The van der Waals surface area contributed by atoms with Gasteiger partial charge in [-0.25, -0.2) is 4.98 Å². The minimum atomic E-state index is -0.00442. The minimum Gasteiger partial charge on any atom is -0.493 e. The van der Waals surface area contributed by atoms with E-state index in [0.717, 1.165) is 68.7 Å². The van der Waals surface area contributed by atoms with Crippen LogP contribution in [0.25, 0.3) is 0 Å². The van der Waals surface area contributed by atoms with Crippen LogP contribution in [0, 0.1) is 12.8 Å². The molecule has 1 saturated carbocycles. The lowest BCUT2D eigenvalue weighted by Gasteiger charge is -2.29. The molecule has 0 atom stereocenters. The number of aryl methyl sites for hydroxylation is 1. The molecule has 166 valence electrons. The lowest BCUT2D eigenvalue weighted by molar-refractivity contribution is 0.0921. The van der Waals surface area contributed by atoms with E-state index in [1.165, 1.54) is 24.8 Å². The first-order valence-corrected chi connectivity index (χ1v) is 11.5. The Morgan fingerprint density at radius 3 is 2.77 bits per heavy atom. The zero-order valence-electron chi connectivity index (χ0n) is 18.3. The summed E-state index contributed by atoms with van der Waals surface area (Å²) in [5, 5.41) is 10.1. The van der Waals surface area contributed by atoms with Gasteiger partial charge >= 0.3 is 0 Å². The molecule has 3 N–H and O–H groups in total. The number of carbonyl (C=O) groups is 1. The number of nitrogens with one attached hydrogen (secondary N) is 3. The van der Waals surface area contributed by atoms with Crippen molar-refractivity contribution in [2.45, 2.75) is 51.5 Å². The zero-order valence-corrected chi connectivity index (χ0v) is 18.3. The van der Waals surface area contributed by atoms with Gasteiger partial charge in [0.2, 0.25) is 0 Å². The van der Waals surface area contributed by atoms with Crippen LogP contribution in [0.3, 0.4) is 0 Å². The van der Waals surface area contributed by atoms with Gasteiger partial charge in [-0.05, 0) is 69.7 Å². The van der Waals surface area contributed by atoms with Gasteiger partial charge in [-0.3, -0.25) is 9.78 Å². The Hall–Kier alpha value is -2.67. The third kappa shape index (κ3) is 5.94. The summed E-state index contributed by atoms with van der Waals surface area (Å²) in [6, 6.07) is 5.95. The molecule has 1 aliphatic carbocycles. The molecule has 4 rings (SSSR count). The fourth-order valence-corrected chi connectivity index (χ4v) is 4.43. The SMILES string of the molecule is Cc1ccc(C(=O)NC2CCC(CCNCCNc3nccc4c3CCO4)CC2)cn1. The van der Waals surface area contributed by atoms with E-state index in [9.17, 15) is 4.79 Å². The number of rotatable bonds is 9. The molecule has 0 saturated heterocycles. The molecule has 0 unspecified atom stereocenters. The smallest absolute Gasteiger partial charge is 0.253 e. The fraction of sp³-hybridized carbons (Fsp3) is 0.542. The van der Waals surface area contributed by atoms with Crippen molar-refractivity contribution in [2.24, 2.45) is 5.92 Å². The number of hydrogen-bond acceptors (Lipinski definition) is 6. The summed E-state index contributed by atoms with van der Waals surface area (Å²) < 4.78 is 5.58. The lowest BCUT2D eigenvalue weighted by Crippen LogP contribution is -2.38. The van der Waals surface area contributed by atoms with Crippen LogP contribution in [0.5, 0.6) is 5.75 Å². The highest BCUT2D eigenvalue weighted by molar-refractivity contribution is 5.94. The minimum absolute atomic E-state index is 0.00442. The Balaban J connectivity index is 1.07. The highest BCUT2D eigenvalue weighted by Gasteiger charge is 2.22. The molecular formula is C24H33N5O2. The molecule has 1 fully saturated rings. The van der Waals surface area contributed by atoms with Gasteiger partial charge in [0, 0.05) is 49.2 Å². The maximum atomic E-state index is 12.4. The zero-order chi connectivity index (χ0) is 21.5. The first kappa shape index (κ1) is 21.6. The molecule has 2 aromatic rings. The van der Waals surface area contributed by atoms with E-state index in [1.54, 1.807) is 12.4 Å². The van der Waals surface area contributed by atoms with Crippen LogP contribution in [0.15, 0.2) is 30.6 Å². The number of aromatic nitrogens is 2. The average molecular weight is 424 g/mol. The number of pyridine rings is 2. The number of fused-ring (bicyclic) bond motifs is 1. The average Bonchev–Trinajstić information content (AvgIpc) is 3.27. The van der Waals surface area contributed by atoms with Crippen molar-refractivity contribution in [1.29, 1.82) is 0 Å². The molecule has 2 aliphatic rings. The van der Waals surface area contributed by atoms with Crippen LogP contribution in [0.4, 0.5) is 5.82 Å². The Kier molecular flexibility index (Phi) is 7.35. The van der Waals surface area contributed by atoms with E-state index in [2.05, 4.69) is 25.9 Å². The molecular weight excluding hydrogens is 390 g/mol. The maximum absolute atomic E-state index is 12.4. The first-order chi connectivity index (χ1) is 15.2. The first-order valence-electron chi connectivity index (χ1n) is 11.5. The van der Waals surface area contributed by atoms with E-state index in [-0.39, 0.29) is 11.9 Å². The summed E-state index contributed by atoms with van der Waals surface area (Å²) in [6.45, 7) is 5.48. The second-order valence-electron chi connectivity index (χ2n) is 8.58. The van der Waals surface area contributed by atoms with Gasteiger partial charge in [-0.1, -0.05) is 0 Å². The number of amides is 1. The molecule has 7 nitrogen and oxygen atoms in total.